The summed E-state index contributed by atoms with van der Waals surface area (Å²) < 4.78 is 5.53. The third-order valence-electron chi connectivity index (χ3n) is 3.21. The van der Waals surface area contributed by atoms with Crippen LogP contribution >= 0.6 is 11.6 Å². The van der Waals surface area contributed by atoms with Crippen molar-refractivity contribution in [2.45, 2.75) is 20.0 Å². The monoisotopic (exact) mass is 286 g/mol. The van der Waals surface area contributed by atoms with Crippen LogP contribution < -0.4 is 5.32 Å². The Morgan fingerprint density at radius 1 is 1.15 bits per heavy atom. The van der Waals surface area contributed by atoms with Crippen molar-refractivity contribution >= 4 is 22.5 Å². The number of pyridine rings is 1. The van der Waals surface area contributed by atoms with Crippen LogP contribution in [0.4, 0.5) is 0 Å². The highest BCUT2D eigenvalue weighted by molar-refractivity contribution is 6.35. The molecule has 0 aliphatic heterocycles. The molecule has 0 aliphatic rings. The van der Waals surface area contributed by atoms with E-state index in [1.54, 1.807) is 6.20 Å². The predicted octanol–water partition coefficient (Wildman–Crippen LogP) is 4.08. The van der Waals surface area contributed by atoms with Gasteiger partial charge < -0.3 is 9.73 Å². The molecule has 0 saturated heterocycles. The topological polar surface area (TPSA) is 38.1 Å². The molecule has 3 nitrogen and oxygen atoms in total. The summed E-state index contributed by atoms with van der Waals surface area (Å²) in [5, 5.41) is 5.09. The maximum absolute atomic E-state index is 6.19. The van der Waals surface area contributed by atoms with Crippen LogP contribution in [0.5, 0.6) is 0 Å². The second kappa shape index (κ2) is 5.65. The van der Waals surface area contributed by atoms with Gasteiger partial charge >= 0.3 is 0 Å². The second-order valence-electron chi connectivity index (χ2n) is 4.72. The molecule has 0 saturated carbocycles. The molecule has 1 aromatic carbocycles. The molecular weight excluding hydrogens is 272 g/mol. The van der Waals surface area contributed by atoms with E-state index in [1.165, 1.54) is 0 Å². The normalized spacial score (nSPS) is 11.1. The van der Waals surface area contributed by atoms with Gasteiger partial charge in [-0.15, -0.1) is 0 Å². The highest BCUT2D eigenvalue weighted by Gasteiger charge is 2.06. The minimum Gasteiger partial charge on any atom is -0.465 e. The van der Waals surface area contributed by atoms with Crippen molar-refractivity contribution in [1.82, 2.24) is 10.3 Å². The molecule has 0 unspecified atom stereocenters. The van der Waals surface area contributed by atoms with E-state index < -0.39 is 0 Å². The van der Waals surface area contributed by atoms with Gasteiger partial charge in [0.1, 0.15) is 11.5 Å². The Kier molecular flexibility index (Phi) is 3.72. The molecule has 0 atom stereocenters. The molecule has 3 aromatic rings. The lowest BCUT2D eigenvalue weighted by atomic mass is 10.1. The van der Waals surface area contributed by atoms with Gasteiger partial charge in [0.05, 0.1) is 12.1 Å². The van der Waals surface area contributed by atoms with Crippen molar-refractivity contribution in [3.8, 4) is 0 Å². The molecule has 0 aliphatic carbocycles. The van der Waals surface area contributed by atoms with E-state index in [1.807, 2.05) is 43.3 Å². The molecule has 0 fully saturated rings. The lowest BCUT2D eigenvalue weighted by Gasteiger charge is -2.08. The van der Waals surface area contributed by atoms with Gasteiger partial charge in [0.15, 0.2) is 0 Å². The van der Waals surface area contributed by atoms with Crippen LogP contribution in [-0.4, -0.2) is 4.98 Å². The van der Waals surface area contributed by atoms with E-state index in [9.17, 15) is 0 Å². The summed E-state index contributed by atoms with van der Waals surface area (Å²) in [4.78, 5) is 4.42. The van der Waals surface area contributed by atoms with Crippen LogP contribution in [0.15, 0.2) is 47.0 Å². The van der Waals surface area contributed by atoms with Crippen molar-refractivity contribution in [1.29, 1.82) is 0 Å². The Morgan fingerprint density at radius 2 is 2.05 bits per heavy atom. The van der Waals surface area contributed by atoms with E-state index in [0.29, 0.717) is 6.54 Å². The summed E-state index contributed by atoms with van der Waals surface area (Å²) in [7, 11) is 0. The van der Waals surface area contributed by atoms with Crippen molar-refractivity contribution in [3.63, 3.8) is 0 Å². The van der Waals surface area contributed by atoms with E-state index in [4.69, 9.17) is 16.0 Å². The molecule has 1 N–H and O–H groups in total. The first-order valence-corrected chi connectivity index (χ1v) is 6.90. The lowest BCUT2D eigenvalue weighted by molar-refractivity contribution is 0.462. The first-order chi connectivity index (χ1) is 9.74. The van der Waals surface area contributed by atoms with Gasteiger partial charge in [-0.1, -0.05) is 17.7 Å². The molecule has 3 rings (SSSR count). The smallest absolute Gasteiger partial charge is 0.117 e. The molecular formula is C16H15ClN2O. The number of aryl methyl sites for hydroxylation is 1. The molecule has 0 radical (unpaired) electrons. The number of fused-ring (bicyclic) bond motifs is 1. The van der Waals surface area contributed by atoms with Gasteiger partial charge in [0, 0.05) is 23.2 Å². The fourth-order valence-corrected chi connectivity index (χ4v) is 2.46. The summed E-state index contributed by atoms with van der Waals surface area (Å²) in [6.45, 7) is 3.37. The van der Waals surface area contributed by atoms with Crippen molar-refractivity contribution < 1.29 is 4.42 Å². The SMILES string of the molecule is Cc1ccc(CNCc2ccc(Cl)c3cccnc23)o1. The van der Waals surface area contributed by atoms with Crippen molar-refractivity contribution in [2.24, 2.45) is 0 Å². The van der Waals surface area contributed by atoms with E-state index in [0.717, 1.165) is 39.6 Å². The maximum Gasteiger partial charge on any atom is 0.117 e. The molecule has 102 valence electrons. The third-order valence-corrected chi connectivity index (χ3v) is 3.54. The molecule has 0 bridgehead atoms. The standard InChI is InChI=1S/C16H15ClN2O/c1-11-4-6-13(20-11)10-18-9-12-5-7-15(17)14-3-2-8-19-16(12)14/h2-8,18H,9-10H2,1H3. The lowest BCUT2D eigenvalue weighted by Crippen LogP contribution is -2.12. The Balaban J connectivity index is 1.76. The van der Waals surface area contributed by atoms with Gasteiger partial charge in [-0.2, -0.15) is 0 Å². The molecule has 2 aromatic heterocycles. The number of hydrogen-bond donors (Lipinski definition) is 1. The zero-order valence-electron chi connectivity index (χ0n) is 11.2. The first-order valence-electron chi connectivity index (χ1n) is 6.52. The summed E-state index contributed by atoms with van der Waals surface area (Å²) in [5.41, 5.74) is 2.08. The van der Waals surface area contributed by atoms with Crippen molar-refractivity contribution in [2.75, 3.05) is 0 Å². The second-order valence-corrected chi connectivity index (χ2v) is 5.13. The number of hydrogen-bond acceptors (Lipinski definition) is 3. The summed E-state index contributed by atoms with van der Waals surface area (Å²) in [6.07, 6.45) is 1.79. The average molecular weight is 287 g/mol. The Morgan fingerprint density at radius 3 is 2.85 bits per heavy atom. The molecule has 0 spiro atoms. The Hall–Kier alpha value is -1.84. The van der Waals surface area contributed by atoms with Crippen LogP contribution in [0.2, 0.25) is 5.02 Å². The van der Waals surface area contributed by atoms with E-state index in [-0.39, 0.29) is 0 Å². The summed E-state index contributed by atoms with van der Waals surface area (Å²) in [6, 6.07) is 11.8. The van der Waals surface area contributed by atoms with Crippen LogP contribution in [0.1, 0.15) is 17.1 Å². The fraction of sp³-hybridized carbons (Fsp3) is 0.188. The van der Waals surface area contributed by atoms with Gasteiger partial charge in [-0.05, 0) is 42.8 Å². The van der Waals surface area contributed by atoms with E-state index >= 15 is 0 Å². The quantitative estimate of drug-likeness (QED) is 0.785. The number of rotatable bonds is 4. The number of nitrogens with zero attached hydrogens (tertiary/aromatic N) is 1. The van der Waals surface area contributed by atoms with Crippen LogP contribution in [0.25, 0.3) is 10.9 Å². The Bertz CT molecular complexity index is 736. The minimum absolute atomic E-state index is 0.699. The summed E-state index contributed by atoms with van der Waals surface area (Å²) >= 11 is 6.19. The third kappa shape index (κ3) is 2.69. The van der Waals surface area contributed by atoms with Crippen molar-refractivity contribution in [3.05, 3.63) is 64.7 Å². The van der Waals surface area contributed by atoms with E-state index in [2.05, 4.69) is 10.3 Å². The highest BCUT2D eigenvalue weighted by atomic mass is 35.5. The molecule has 20 heavy (non-hydrogen) atoms. The summed E-state index contributed by atoms with van der Waals surface area (Å²) in [5.74, 6) is 1.87. The van der Waals surface area contributed by atoms with Crippen LogP contribution in [-0.2, 0) is 13.1 Å². The number of furan rings is 1. The number of aromatic nitrogens is 1. The largest absolute Gasteiger partial charge is 0.465 e. The number of halogens is 1. The number of benzene rings is 1. The Labute approximate surface area is 122 Å². The fourth-order valence-electron chi connectivity index (χ4n) is 2.24. The molecule has 2 heterocycles. The first kappa shape index (κ1) is 13.2. The minimum atomic E-state index is 0.699. The number of nitrogens with one attached hydrogen (secondary N) is 1. The van der Waals surface area contributed by atoms with Crippen LogP contribution in [0.3, 0.4) is 0 Å². The average Bonchev–Trinajstić information content (AvgIpc) is 2.87. The molecule has 4 heteroatoms. The predicted molar refractivity (Wildman–Crippen MR) is 80.7 cm³/mol. The van der Waals surface area contributed by atoms with Gasteiger partial charge in [-0.25, -0.2) is 0 Å². The highest BCUT2D eigenvalue weighted by Crippen LogP contribution is 2.24. The zero-order chi connectivity index (χ0) is 13.9. The van der Waals surface area contributed by atoms with Gasteiger partial charge in [-0.3, -0.25) is 4.98 Å². The molecule has 0 amide bonds. The maximum atomic E-state index is 6.19. The van der Waals surface area contributed by atoms with Gasteiger partial charge in [0.2, 0.25) is 0 Å². The zero-order valence-corrected chi connectivity index (χ0v) is 11.9. The van der Waals surface area contributed by atoms with Crippen LogP contribution in [0, 0.1) is 6.92 Å². The van der Waals surface area contributed by atoms with Gasteiger partial charge in [0.25, 0.3) is 0 Å².